The molecule has 0 atom stereocenters. The molecule has 0 radical (unpaired) electrons. The molecule has 2 N–H and O–H groups in total. The van der Waals surface area contributed by atoms with Crippen molar-refractivity contribution in [3.05, 3.63) is 0 Å². The van der Waals surface area contributed by atoms with Gasteiger partial charge < -0.3 is 5.73 Å². The molecule has 0 aromatic rings. The van der Waals surface area contributed by atoms with E-state index in [1.807, 2.05) is 0 Å². The number of hydrogen-bond donors (Lipinski definition) is 1. The highest BCUT2D eigenvalue weighted by Crippen LogP contribution is 2.08. The molecule has 0 spiro atoms. The molecule has 0 rings (SSSR count). The minimum Gasteiger partial charge on any atom is -0.327 e. The molecule has 4 nitrogen and oxygen atoms in total. The summed E-state index contributed by atoms with van der Waals surface area (Å²) >= 11 is 0. The molecule has 44 valence electrons. The smallest absolute Gasteiger partial charge is 0.240 e. The van der Waals surface area contributed by atoms with Crippen LogP contribution in [0.25, 0.3) is 0 Å². The molecular formula is C5H4N4. The van der Waals surface area contributed by atoms with Crippen LogP contribution in [0, 0.1) is 39.4 Å². The van der Waals surface area contributed by atoms with Gasteiger partial charge in [-0.05, 0) is 0 Å². The zero-order chi connectivity index (χ0) is 7.33. The molecular weight excluding hydrogens is 116 g/mol. The molecule has 0 saturated carbocycles. The van der Waals surface area contributed by atoms with Gasteiger partial charge in [-0.2, -0.15) is 15.8 Å². The fraction of sp³-hybridized carbons (Fsp3) is 0.400. The van der Waals surface area contributed by atoms with E-state index in [1.54, 1.807) is 0 Å². The average Bonchev–Trinajstić information content (AvgIpc) is 1.95. The van der Waals surface area contributed by atoms with E-state index in [1.165, 1.54) is 18.2 Å². The lowest BCUT2D eigenvalue weighted by Gasteiger charge is -2.01. The van der Waals surface area contributed by atoms with Crippen LogP contribution in [-0.4, -0.2) is 6.54 Å². The predicted molar refractivity (Wildman–Crippen MR) is 28.3 cm³/mol. The third kappa shape index (κ3) is 1.16. The van der Waals surface area contributed by atoms with Crippen LogP contribution >= 0.6 is 0 Å². The lowest BCUT2D eigenvalue weighted by atomic mass is 9.95. The summed E-state index contributed by atoms with van der Waals surface area (Å²) in [6.45, 7) is -0.240. The minimum absolute atomic E-state index is 0.240. The Morgan fingerprint density at radius 3 is 1.44 bits per heavy atom. The Labute approximate surface area is 52.7 Å². The highest BCUT2D eigenvalue weighted by Gasteiger charge is 2.27. The highest BCUT2D eigenvalue weighted by molar-refractivity contribution is 5.26. The molecule has 0 bridgehead atoms. The van der Waals surface area contributed by atoms with Gasteiger partial charge in [0.2, 0.25) is 5.41 Å². The normalized spacial score (nSPS) is 8.67. The molecule has 0 aliphatic heterocycles. The number of nitriles is 3. The van der Waals surface area contributed by atoms with Gasteiger partial charge in [-0.25, -0.2) is 0 Å². The van der Waals surface area contributed by atoms with Crippen molar-refractivity contribution in [3.8, 4) is 18.2 Å². The Balaban J connectivity index is 4.54. The summed E-state index contributed by atoms with van der Waals surface area (Å²) in [6, 6.07) is 4.55. The van der Waals surface area contributed by atoms with Gasteiger partial charge in [-0.3, -0.25) is 0 Å². The van der Waals surface area contributed by atoms with E-state index in [-0.39, 0.29) is 6.54 Å². The van der Waals surface area contributed by atoms with E-state index in [0.29, 0.717) is 0 Å². The van der Waals surface area contributed by atoms with Crippen molar-refractivity contribution in [2.75, 3.05) is 6.54 Å². The summed E-state index contributed by atoms with van der Waals surface area (Å²) < 4.78 is 0. The van der Waals surface area contributed by atoms with Crippen molar-refractivity contribution in [1.29, 1.82) is 15.8 Å². The van der Waals surface area contributed by atoms with Crippen molar-refractivity contribution >= 4 is 0 Å². The lowest BCUT2D eigenvalue weighted by molar-refractivity contribution is 0.691. The molecule has 0 aromatic carbocycles. The van der Waals surface area contributed by atoms with E-state index in [9.17, 15) is 0 Å². The summed E-state index contributed by atoms with van der Waals surface area (Å²) in [5.74, 6) is 0. The van der Waals surface area contributed by atoms with E-state index < -0.39 is 5.41 Å². The maximum atomic E-state index is 8.20. The Bertz CT molecular complexity index is 175. The van der Waals surface area contributed by atoms with E-state index in [0.717, 1.165) is 0 Å². The van der Waals surface area contributed by atoms with Gasteiger partial charge in [0, 0.05) is 6.54 Å². The van der Waals surface area contributed by atoms with E-state index >= 15 is 0 Å². The lowest BCUT2D eigenvalue weighted by Crippen LogP contribution is -2.24. The first kappa shape index (κ1) is 7.43. The Hall–Kier alpha value is -1.57. The van der Waals surface area contributed by atoms with Crippen LogP contribution in [0.5, 0.6) is 0 Å². The Morgan fingerprint density at radius 2 is 1.44 bits per heavy atom. The summed E-state index contributed by atoms with van der Waals surface area (Å²) in [6.07, 6.45) is 0. The first-order chi connectivity index (χ1) is 4.24. The van der Waals surface area contributed by atoms with Gasteiger partial charge in [0.05, 0.1) is 0 Å². The third-order valence-corrected chi connectivity index (χ3v) is 0.879. The summed E-state index contributed by atoms with van der Waals surface area (Å²) in [5, 5.41) is 24.6. The van der Waals surface area contributed by atoms with Gasteiger partial charge in [-0.1, -0.05) is 0 Å². The molecule has 0 unspecified atom stereocenters. The number of nitrogens with two attached hydrogens (primary N) is 1. The monoisotopic (exact) mass is 120 g/mol. The standard InChI is InChI=1S/C5H4N4/c6-1-5(2-7,3-8)4-9/h1,6H2. The summed E-state index contributed by atoms with van der Waals surface area (Å²) in [5.41, 5.74) is 3.33. The predicted octanol–water partition coefficient (Wildman–Crippen LogP) is -0.498. The average molecular weight is 120 g/mol. The van der Waals surface area contributed by atoms with Gasteiger partial charge in [0.25, 0.3) is 0 Å². The van der Waals surface area contributed by atoms with Crippen molar-refractivity contribution in [3.63, 3.8) is 0 Å². The van der Waals surface area contributed by atoms with Crippen LogP contribution in [-0.2, 0) is 0 Å². The van der Waals surface area contributed by atoms with Crippen molar-refractivity contribution in [2.45, 2.75) is 0 Å². The van der Waals surface area contributed by atoms with Gasteiger partial charge in [0.15, 0.2) is 0 Å². The molecule has 0 fully saturated rings. The maximum absolute atomic E-state index is 8.20. The quantitative estimate of drug-likeness (QED) is 0.504. The van der Waals surface area contributed by atoms with E-state index in [2.05, 4.69) is 0 Å². The number of nitrogens with zero attached hydrogens (tertiary/aromatic N) is 3. The Morgan fingerprint density at radius 1 is 1.11 bits per heavy atom. The van der Waals surface area contributed by atoms with Crippen LogP contribution < -0.4 is 5.73 Å². The first-order valence-corrected chi connectivity index (χ1v) is 2.18. The molecule has 0 aromatic heterocycles. The van der Waals surface area contributed by atoms with Crippen molar-refractivity contribution in [2.24, 2.45) is 11.1 Å². The molecule has 0 heterocycles. The summed E-state index contributed by atoms with van der Waals surface area (Å²) in [7, 11) is 0. The second-order valence-corrected chi connectivity index (χ2v) is 1.44. The third-order valence-electron chi connectivity index (χ3n) is 0.879. The molecule has 0 aliphatic carbocycles. The fourth-order valence-corrected chi connectivity index (χ4v) is 0.212. The molecule has 0 amide bonds. The summed E-state index contributed by atoms with van der Waals surface area (Å²) in [4.78, 5) is 0. The fourth-order valence-electron chi connectivity index (χ4n) is 0.212. The molecule has 4 heteroatoms. The van der Waals surface area contributed by atoms with Crippen LogP contribution in [0.1, 0.15) is 0 Å². The van der Waals surface area contributed by atoms with Crippen molar-refractivity contribution < 1.29 is 0 Å². The van der Waals surface area contributed by atoms with Crippen molar-refractivity contribution in [1.82, 2.24) is 0 Å². The maximum Gasteiger partial charge on any atom is 0.240 e. The molecule has 0 aliphatic rings. The van der Waals surface area contributed by atoms with E-state index in [4.69, 9.17) is 21.5 Å². The van der Waals surface area contributed by atoms with Gasteiger partial charge >= 0.3 is 0 Å². The van der Waals surface area contributed by atoms with Gasteiger partial charge in [0.1, 0.15) is 18.2 Å². The zero-order valence-electron chi connectivity index (χ0n) is 4.63. The first-order valence-electron chi connectivity index (χ1n) is 2.18. The molecule has 9 heavy (non-hydrogen) atoms. The minimum atomic E-state index is -1.64. The largest absolute Gasteiger partial charge is 0.327 e. The van der Waals surface area contributed by atoms with Crippen LogP contribution in [0.4, 0.5) is 0 Å². The highest BCUT2D eigenvalue weighted by atomic mass is 14.6. The number of hydrogen-bond acceptors (Lipinski definition) is 4. The Kier molecular flexibility index (Phi) is 2.20. The second-order valence-electron chi connectivity index (χ2n) is 1.44. The SMILES string of the molecule is N#CC(C#N)(C#N)CN. The second kappa shape index (κ2) is 2.67. The zero-order valence-corrected chi connectivity index (χ0v) is 4.63. The van der Waals surface area contributed by atoms with Crippen LogP contribution in [0.3, 0.4) is 0 Å². The van der Waals surface area contributed by atoms with Crippen LogP contribution in [0.15, 0.2) is 0 Å². The topological polar surface area (TPSA) is 97.4 Å². The van der Waals surface area contributed by atoms with Gasteiger partial charge in [-0.15, -0.1) is 0 Å². The molecule has 0 saturated heterocycles. The number of rotatable bonds is 1. The van der Waals surface area contributed by atoms with Crippen LogP contribution in [0.2, 0.25) is 0 Å².